The van der Waals surface area contributed by atoms with E-state index in [1.165, 1.54) is 30.4 Å². The molecule has 0 unspecified atom stereocenters. The predicted octanol–water partition coefficient (Wildman–Crippen LogP) is 1.66. The molecule has 0 amide bonds. The lowest BCUT2D eigenvalue weighted by Gasteiger charge is -2.18. The quantitative estimate of drug-likeness (QED) is 0.896. The summed E-state index contributed by atoms with van der Waals surface area (Å²) in [4.78, 5) is 0.0404. The van der Waals surface area contributed by atoms with Crippen LogP contribution in [0.25, 0.3) is 0 Å². The first-order valence-electron chi connectivity index (χ1n) is 6.22. The monoisotopic (exact) mass is 287 g/mol. The first-order chi connectivity index (χ1) is 8.86. The van der Waals surface area contributed by atoms with Gasteiger partial charge in [0.15, 0.2) is 0 Å². The number of hydrogen-bond acceptors (Lipinski definition) is 3. The molecule has 0 aromatic heterocycles. The third kappa shape index (κ3) is 2.96. The van der Waals surface area contributed by atoms with Gasteiger partial charge in [0.2, 0.25) is 10.0 Å². The highest BCUT2D eigenvalue weighted by Crippen LogP contribution is 2.31. The summed E-state index contributed by atoms with van der Waals surface area (Å²) in [6.07, 6.45) is 2.12. The average molecular weight is 287 g/mol. The number of hydrogen-bond donors (Lipinski definition) is 1. The van der Waals surface area contributed by atoms with Gasteiger partial charge in [-0.1, -0.05) is 0 Å². The van der Waals surface area contributed by atoms with Gasteiger partial charge in [-0.3, -0.25) is 0 Å². The van der Waals surface area contributed by atoms with Gasteiger partial charge in [0.25, 0.3) is 0 Å². The van der Waals surface area contributed by atoms with E-state index in [4.69, 9.17) is 5.11 Å². The Hall–Kier alpha value is -0.980. The van der Waals surface area contributed by atoms with Gasteiger partial charge in [-0.05, 0) is 43.4 Å². The number of benzene rings is 1. The Labute approximate surface area is 112 Å². The van der Waals surface area contributed by atoms with Crippen LogP contribution in [0.3, 0.4) is 0 Å². The predicted molar refractivity (Wildman–Crippen MR) is 69.6 cm³/mol. The second-order valence-electron chi connectivity index (χ2n) is 5.10. The Kier molecular flexibility index (Phi) is 3.94. The van der Waals surface area contributed by atoms with Gasteiger partial charge in [-0.2, -0.15) is 0 Å². The Balaban J connectivity index is 2.36. The fourth-order valence-corrected chi connectivity index (χ4v) is 3.40. The maximum absolute atomic E-state index is 13.6. The van der Waals surface area contributed by atoms with E-state index in [0.717, 1.165) is 12.8 Å². The molecular weight excluding hydrogens is 269 g/mol. The summed E-state index contributed by atoms with van der Waals surface area (Å²) >= 11 is 0. The van der Waals surface area contributed by atoms with E-state index in [9.17, 15) is 12.8 Å². The highest BCUT2D eigenvalue weighted by Gasteiger charge is 2.29. The number of nitrogens with zero attached hydrogens (tertiary/aromatic N) is 1. The van der Waals surface area contributed by atoms with Gasteiger partial charge < -0.3 is 5.11 Å². The number of aryl methyl sites for hydroxylation is 1. The topological polar surface area (TPSA) is 57.6 Å². The minimum atomic E-state index is -3.61. The SMILES string of the molecule is Cc1cc(S(=O)(=O)N(C)CC2CC2)cc(CO)c1F. The first-order valence-corrected chi connectivity index (χ1v) is 7.66. The largest absolute Gasteiger partial charge is 0.392 e. The second-order valence-corrected chi connectivity index (χ2v) is 7.15. The Bertz CT molecular complexity index is 582. The van der Waals surface area contributed by atoms with Crippen LogP contribution in [0.2, 0.25) is 0 Å². The van der Waals surface area contributed by atoms with Crippen molar-refractivity contribution in [3.05, 3.63) is 29.1 Å². The standard InChI is InChI=1S/C13H18FNO3S/c1-9-5-12(6-11(8-16)13(9)14)19(17,18)15(2)7-10-3-4-10/h5-6,10,16H,3-4,7-8H2,1-2H3. The minimum Gasteiger partial charge on any atom is -0.392 e. The van der Waals surface area contributed by atoms with Crippen LogP contribution in [0, 0.1) is 18.7 Å². The van der Waals surface area contributed by atoms with Crippen LogP contribution in [0.4, 0.5) is 4.39 Å². The fourth-order valence-electron chi connectivity index (χ4n) is 2.01. The summed E-state index contributed by atoms with van der Waals surface area (Å²) < 4.78 is 39.6. The normalized spacial score (nSPS) is 16.1. The van der Waals surface area contributed by atoms with Crippen LogP contribution >= 0.6 is 0 Å². The lowest BCUT2D eigenvalue weighted by Crippen LogP contribution is -2.29. The van der Waals surface area contributed by atoms with Gasteiger partial charge >= 0.3 is 0 Å². The van der Waals surface area contributed by atoms with Crippen molar-refractivity contribution in [2.45, 2.75) is 31.3 Å². The number of sulfonamides is 1. The van der Waals surface area contributed by atoms with E-state index in [1.54, 1.807) is 0 Å². The molecule has 1 aromatic carbocycles. The van der Waals surface area contributed by atoms with Gasteiger partial charge in [-0.15, -0.1) is 0 Å². The molecule has 1 aromatic rings. The van der Waals surface area contributed by atoms with Gasteiger partial charge in [0.05, 0.1) is 11.5 Å². The smallest absolute Gasteiger partial charge is 0.242 e. The molecular formula is C13H18FNO3S. The van der Waals surface area contributed by atoms with E-state index >= 15 is 0 Å². The lowest BCUT2D eigenvalue weighted by atomic mass is 10.1. The lowest BCUT2D eigenvalue weighted by molar-refractivity contribution is 0.275. The van der Waals surface area contributed by atoms with Gasteiger partial charge in [0, 0.05) is 19.2 Å². The molecule has 106 valence electrons. The van der Waals surface area contributed by atoms with Crippen molar-refractivity contribution >= 4 is 10.0 Å². The van der Waals surface area contributed by atoms with E-state index in [0.29, 0.717) is 12.5 Å². The molecule has 1 aliphatic rings. The zero-order valence-electron chi connectivity index (χ0n) is 11.1. The molecule has 6 heteroatoms. The zero-order valence-corrected chi connectivity index (χ0v) is 11.9. The van der Waals surface area contributed by atoms with Crippen molar-refractivity contribution in [3.63, 3.8) is 0 Å². The minimum absolute atomic E-state index is 0.0124. The molecule has 2 rings (SSSR count). The van der Waals surface area contributed by atoms with E-state index in [1.807, 2.05) is 0 Å². The molecule has 0 radical (unpaired) electrons. The molecule has 1 N–H and O–H groups in total. The van der Waals surface area contributed by atoms with Crippen molar-refractivity contribution in [2.24, 2.45) is 5.92 Å². The Morgan fingerprint density at radius 1 is 1.42 bits per heavy atom. The Morgan fingerprint density at radius 2 is 2.05 bits per heavy atom. The highest BCUT2D eigenvalue weighted by atomic mass is 32.2. The second kappa shape index (κ2) is 5.19. The van der Waals surface area contributed by atoms with E-state index < -0.39 is 22.4 Å². The first kappa shape index (κ1) is 14.4. The summed E-state index contributed by atoms with van der Waals surface area (Å²) in [5, 5.41) is 9.08. The molecule has 0 atom stereocenters. The number of aliphatic hydroxyl groups is 1. The molecule has 0 aliphatic heterocycles. The van der Waals surface area contributed by atoms with Crippen molar-refractivity contribution < 1.29 is 17.9 Å². The average Bonchev–Trinajstić information content (AvgIpc) is 3.16. The van der Waals surface area contributed by atoms with E-state index in [2.05, 4.69) is 0 Å². The van der Waals surface area contributed by atoms with Crippen LogP contribution in [-0.2, 0) is 16.6 Å². The third-order valence-electron chi connectivity index (χ3n) is 3.39. The number of aliphatic hydroxyl groups excluding tert-OH is 1. The molecule has 1 fully saturated rings. The number of halogens is 1. The van der Waals surface area contributed by atoms with E-state index in [-0.39, 0.29) is 16.0 Å². The summed E-state index contributed by atoms with van der Waals surface area (Å²) in [7, 11) is -2.08. The molecule has 4 nitrogen and oxygen atoms in total. The molecule has 1 saturated carbocycles. The van der Waals surface area contributed by atoms with Gasteiger partial charge in [-0.25, -0.2) is 17.1 Å². The molecule has 1 aliphatic carbocycles. The maximum atomic E-state index is 13.6. The number of rotatable bonds is 5. The van der Waals surface area contributed by atoms with Crippen LogP contribution in [0.5, 0.6) is 0 Å². The molecule has 0 heterocycles. The zero-order chi connectivity index (χ0) is 14.2. The van der Waals surface area contributed by atoms with Crippen molar-refractivity contribution in [3.8, 4) is 0 Å². The summed E-state index contributed by atoms with van der Waals surface area (Å²) in [6, 6.07) is 2.52. The Morgan fingerprint density at radius 3 is 2.58 bits per heavy atom. The third-order valence-corrected chi connectivity index (χ3v) is 5.20. The van der Waals surface area contributed by atoms with Crippen molar-refractivity contribution in [2.75, 3.05) is 13.6 Å². The maximum Gasteiger partial charge on any atom is 0.242 e. The van der Waals surface area contributed by atoms with Crippen LogP contribution in [-0.4, -0.2) is 31.4 Å². The summed E-state index contributed by atoms with van der Waals surface area (Å²) in [6.45, 7) is 1.48. The molecule has 0 spiro atoms. The summed E-state index contributed by atoms with van der Waals surface area (Å²) in [5.74, 6) is -0.107. The molecule has 0 bridgehead atoms. The summed E-state index contributed by atoms with van der Waals surface area (Å²) in [5.41, 5.74) is 0.239. The van der Waals surface area contributed by atoms with Gasteiger partial charge in [0.1, 0.15) is 5.82 Å². The molecule has 19 heavy (non-hydrogen) atoms. The van der Waals surface area contributed by atoms with Crippen molar-refractivity contribution in [1.29, 1.82) is 0 Å². The van der Waals surface area contributed by atoms with Crippen molar-refractivity contribution in [1.82, 2.24) is 4.31 Å². The van der Waals surface area contributed by atoms with Crippen LogP contribution in [0.1, 0.15) is 24.0 Å². The molecule has 0 saturated heterocycles. The van der Waals surface area contributed by atoms with Crippen LogP contribution < -0.4 is 0 Å². The highest BCUT2D eigenvalue weighted by molar-refractivity contribution is 7.89. The fraction of sp³-hybridized carbons (Fsp3) is 0.538. The van der Waals surface area contributed by atoms with Crippen LogP contribution in [0.15, 0.2) is 17.0 Å².